The van der Waals surface area contributed by atoms with Crippen LogP contribution in [0.1, 0.15) is 51.5 Å². The van der Waals surface area contributed by atoms with Crippen LogP contribution < -0.4 is 10.6 Å². The molecule has 2 fully saturated rings. The molecule has 162 valence electrons. The van der Waals surface area contributed by atoms with E-state index < -0.39 is 5.60 Å². The summed E-state index contributed by atoms with van der Waals surface area (Å²) >= 11 is 0. The largest absolute Gasteiger partial charge is 0.385 e. The fourth-order valence-electron chi connectivity index (χ4n) is 4.52. The van der Waals surface area contributed by atoms with Crippen molar-refractivity contribution in [3.63, 3.8) is 0 Å². The van der Waals surface area contributed by atoms with Gasteiger partial charge in [-0.05, 0) is 38.7 Å². The second-order valence-corrected chi connectivity index (χ2v) is 9.09. The molecule has 2 heterocycles. The number of benzene rings is 1. The van der Waals surface area contributed by atoms with Crippen molar-refractivity contribution in [1.82, 2.24) is 15.5 Å². The minimum Gasteiger partial charge on any atom is -0.385 e. The van der Waals surface area contributed by atoms with Crippen molar-refractivity contribution < 1.29 is 14.4 Å². The molecule has 1 spiro atoms. The van der Waals surface area contributed by atoms with E-state index in [1.54, 1.807) is 0 Å². The first-order chi connectivity index (χ1) is 14.5. The van der Waals surface area contributed by atoms with Gasteiger partial charge in [0.25, 0.3) is 5.91 Å². The highest BCUT2D eigenvalue weighted by Crippen LogP contribution is 2.36. The highest BCUT2D eigenvalue weighted by atomic mass is 16.7. The van der Waals surface area contributed by atoms with Gasteiger partial charge in [0.05, 0.1) is 12.6 Å². The van der Waals surface area contributed by atoms with Crippen molar-refractivity contribution in [2.24, 2.45) is 11.1 Å². The summed E-state index contributed by atoms with van der Waals surface area (Å²) in [5, 5.41) is 10.7. The third kappa shape index (κ3) is 4.36. The average Bonchev–Trinajstić information content (AvgIpc) is 3.10. The second-order valence-electron chi connectivity index (χ2n) is 9.09. The molecule has 2 atom stereocenters. The van der Waals surface area contributed by atoms with E-state index in [4.69, 9.17) is 4.84 Å². The maximum atomic E-state index is 12.9. The van der Waals surface area contributed by atoms with Crippen LogP contribution in [-0.2, 0) is 21.0 Å². The Kier molecular flexibility index (Phi) is 6.09. The van der Waals surface area contributed by atoms with E-state index in [1.807, 2.05) is 36.9 Å². The molecule has 0 radical (unpaired) electrons. The Balaban J connectivity index is 1.48. The van der Waals surface area contributed by atoms with Crippen LogP contribution in [0.2, 0.25) is 0 Å². The van der Waals surface area contributed by atoms with E-state index in [0.717, 1.165) is 25.7 Å². The maximum absolute atomic E-state index is 12.9. The van der Waals surface area contributed by atoms with Gasteiger partial charge >= 0.3 is 0 Å². The molecule has 7 nitrogen and oxygen atoms in total. The van der Waals surface area contributed by atoms with Crippen LogP contribution in [-0.4, -0.2) is 53.2 Å². The molecular formula is C23H32N4O3. The Labute approximate surface area is 178 Å². The normalized spacial score (nSPS) is 26.3. The number of piperidine rings is 1. The van der Waals surface area contributed by atoms with Crippen LogP contribution in [0.3, 0.4) is 0 Å². The van der Waals surface area contributed by atoms with Gasteiger partial charge in [-0.25, -0.2) is 0 Å². The van der Waals surface area contributed by atoms with Crippen molar-refractivity contribution in [2.75, 3.05) is 13.1 Å². The lowest BCUT2D eigenvalue weighted by atomic mass is 9.80. The van der Waals surface area contributed by atoms with Crippen molar-refractivity contribution in [3.8, 4) is 0 Å². The third-order valence-electron chi connectivity index (χ3n) is 6.43. The molecule has 2 aliphatic heterocycles. The fourth-order valence-corrected chi connectivity index (χ4v) is 4.52. The molecule has 2 amide bonds. The minimum absolute atomic E-state index is 0.0104. The molecule has 3 aliphatic rings. The lowest BCUT2D eigenvalue weighted by Gasteiger charge is -2.45. The van der Waals surface area contributed by atoms with Gasteiger partial charge in [0.2, 0.25) is 5.91 Å². The van der Waals surface area contributed by atoms with Gasteiger partial charge in [-0.3, -0.25) is 9.59 Å². The monoisotopic (exact) mass is 412 g/mol. The predicted octanol–water partition coefficient (Wildman–Crippen LogP) is 2.22. The van der Waals surface area contributed by atoms with Crippen molar-refractivity contribution in [1.29, 1.82) is 0 Å². The summed E-state index contributed by atoms with van der Waals surface area (Å²) in [4.78, 5) is 33.3. The Morgan fingerprint density at radius 2 is 2.00 bits per heavy atom. The zero-order valence-corrected chi connectivity index (χ0v) is 17.9. The molecule has 2 N–H and O–H groups in total. The summed E-state index contributed by atoms with van der Waals surface area (Å²) in [7, 11) is 0. The van der Waals surface area contributed by atoms with Crippen LogP contribution in [0.4, 0.5) is 0 Å². The summed E-state index contributed by atoms with van der Waals surface area (Å²) in [5.74, 6) is 0.193. The lowest BCUT2D eigenvalue weighted by Crippen LogP contribution is -2.63. The molecule has 4 rings (SSSR count). The topological polar surface area (TPSA) is 83.0 Å². The van der Waals surface area contributed by atoms with Crippen LogP contribution in [0.15, 0.2) is 35.5 Å². The van der Waals surface area contributed by atoms with E-state index in [2.05, 4.69) is 27.9 Å². The Morgan fingerprint density at radius 1 is 1.23 bits per heavy atom. The van der Waals surface area contributed by atoms with Gasteiger partial charge in [-0.1, -0.05) is 41.9 Å². The fraction of sp³-hybridized carbons (Fsp3) is 0.609. The first-order valence-corrected chi connectivity index (χ1v) is 11.1. The van der Waals surface area contributed by atoms with Crippen molar-refractivity contribution >= 4 is 17.5 Å². The minimum atomic E-state index is -0.698. The van der Waals surface area contributed by atoms with E-state index in [9.17, 15) is 9.59 Å². The van der Waals surface area contributed by atoms with Crippen molar-refractivity contribution in [3.05, 3.63) is 35.9 Å². The highest BCUT2D eigenvalue weighted by molar-refractivity contribution is 6.39. The van der Waals surface area contributed by atoms with Crippen LogP contribution >= 0.6 is 0 Å². The molecule has 0 unspecified atom stereocenters. The molecule has 0 bridgehead atoms. The van der Waals surface area contributed by atoms with E-state index in [1.165, 1.54) is 5.56 Å². The van der Waals surface area contributed by atoms with E-state index in [0.29, 0.717) is 31.8 Å². The first-order valence-electron chi connectivity index (χ1n) is 11.1. The molecule has 1 saturated heterocycles. The number of nitrogens with one attached hydrogen (secondary N) is 2. The Bertz CT molecular complexity index is 806. The summed E-state index contributed by atoms with van der Waals surface area (Å²) in [6, 6.07) is 10.3. The molecule has 1 aliphatic carbocycles. The van der Waals surface area contributed by atoms with Crippen molar-refractivity contribution in [2.45, 2.75) is 70.2 Å². The molecule has 7 heteroatoms. The Hall–Kier alpha value is -2.41. The quantitative estimate of drug-likeness (QED) is 0.751. The predicted molar refractivity (Wildman–Crippen MR) is 115 cm³/mol. The molecule has 1 aromatic carbocycles. The average molecular weight is 413 g/mol. The van der Waals surface area contributed by atoms with Gasteiger partial charge < -0.3 is 20.4 Å². The van der Waals surface area contributed by atoms with E-state index in [-0.39, 0.29) is 29.8 Å². The van der Waals surface area contributed by atoms with Gasteiger partial charge in [0.15, 0.2) is 5.60 Å². The van der Waals surface area contributed by atoms with E-state index >= 15 is 0 Å². The summed E-state index contributed by atoms with van der Waals surface area (Å²) in [5.41, 5.74) is 0.904. The summed E-state index contributed by atoms with van der Waals surface area (Å²) in [6.07, 6.45) is 4.29. The zero-order chi connectivity index (χ0) is 21.1. The Morgan fingerprint density at radius 3 is 2.67 bits per heavy atom. The maximum Gasteiger partial charge on any atom is 0.269 e. The SMILES string of the molecule is CC(C)NC(=O)C1=NO[C@@]2(C1)CN(C(=O)C1CCC1)CC[C@H]2NCc1ccccc1. The van der Waals surface area contributed by atoms with Crippen LogP contribution in [0, 0.1) is 5.92 Å². The molecular weight excluding hydrogens is 380 g/mol. The molecule has 30 heavy (non-hydrogen) atoms. The van der Waals surface area contributed by atoms with Crippen LogP contribution in [0.5, 0.6) is 0 Å². The third-order valence-corrected chi connectivity index (χ3v) is 6.43. The van der Waals surface area contributed by atoms with Gasteiger partial charge in [0, 0.05) is 31.5 Å². The summed E-state index contributed by atoms with van der Waals surface area (Å²) < 4.78 is 0. The molecule has 0 aromatic heterocycles. The number of hydrogen-bond donors (Lipinski definition) is 2. The first kappa shape index (κ1) is 20.8. The lowest BCUT2D eigenvalue weighted by molar-refractivity contribution is -0.150. The number of hydrogen-bond acceptors (Lipinski definition) is 5. The number of oxime groups is 1. The van der Waals surface area contributed by atoms with Crippen LogP contribution in [0.25, 0.3) is 0 Å². The number of carbonyl (C=O) groups is 2. The number of amides is 2. The summed E-state index contributed by atoms with van der Waals surface area (Å²) in [6.45, 7) is 5.74. The van der Waals surface area contributed by atoms with Gasteiger partial charge in [-0.15, -0.1) is 0 Å². The number of carbonyl (C=O) groups excluding carboxylic acids is 2. The second kappa shape index (κ2) is 8.76. The molecule has 1 aromatic rings. The van der Waals surface area contributed by atoms with Gasteiger partial charge in [0.1, 0.15) is 5.71 Å². The standard InChI is InChI=1S/C23H32N4O3/c1-16(2)25-21(28)19-13-23(30-26-19)15-27(22(29)18-9-6-10-18)12-11-20(23)24-14-17-7-4-3-5-8-17/h3-5,7-8,16,18,20,24H,6,9-15H2,1-2H3,(H,25,28)/t20-,23+/m1/s1. The van der Waals surface area contributed by atoms with Gasteiger partial charge in [-0.2, -0.15) is 0 Å². The number of rotatable bonds is 6. The highest BCUT2D eigenvalue weighted by Gasteiger charge is 2.52. The smallest absolute Gasteiger partial charge is 0.269 e. The molecule has 1 saturated carbocycles. The zero-order valence-electron chi connectivity index (χ0n) is 17.9. The number of nitrogens with zero attached hydrogens (tertiary/aromatic N) is 2. The number of likely N-dealkylation sites (tertiary alicyclic amines) is 1.